The van der Waals surface area contributed by atoms with Crippen LogP contribution in [-0.4, -0.2) is 4.98 Å². The molecule has 2 rings (SSSR count). The molecule has 0 radical (unpaired) electrons. The van der Waals surface area contributed by atoms with Gasteiger partial charge in [0.15, 0.2) is 0 Å². The second-order valence-corrected chi connectivity index (χ2v) is 4.23. The second kappa shape index (κ2) is 4.09. The molecule has 2 N–H and O–H groups in total. The van der Waals surface area contributed by atoms with Crippen molar-refractivity contribution in [2.75, 3.05) is 0 Å². The summed E-state index contributed by atoms with van der Waals surface area (Å²) in [6, 6.07) is 7.44. The SMILES string of the molecule is NC(c1cncs1)c1ccccc1Cl. The lowest BCUT2D eigenvalue weighted by Crippen LogP contribution is -2.10. The highest BCUT2D eigenvalue weighted by Crippen LogP contribution is 2.27. The Hall–Kier alpha value is -0.900. The molecular weight excluding hydrogens is 216 g/mol. The highest BCUT2D eigenvalue weighted by molar-refractivity contribution is 7.09. The Morgan fingerprint density at radius 1 is 1.36 bits per heavy atom. The van der Waals surface area contributed by atoms with E-state index in [4.69, 9.17) is 17.3 Å². The van der Waals surface area contributed by atoms with Gasteiger partial charge < -0.3 is 5.73 Å². The number of hydrogen-bond acceptors (Lipinski definition) is 3. The maximum atomic E-state index is 6.05. The van der Waals surface area contributed by atoms with Gasteiger partial charge in [0.2, 0.25) is 0 Å². The summed E-state index contributed by atoms with van der Waals surface area (Å²) >= 11 is 7.58. The maximum Gasteiger partial charge on any atom is 0.0794 e. The molecule has 0 fully saturated rings. The Labute approximate surface area is 91.4 Å². The van der Waals surface area contributed by atoms with Gasteiger partial charge in [-0.15, -0.1) is 11.3 Å². The van der Waals surface area contributed by atoms with Gasteiger partial charge >= 0.3 is 0 Å². The molecular formula is C10H9ClN2S. The molecule has 1 aromatic carbocycles. The molecule has 2 nitrogen and oxygen atoms in total. The lowest BCUT2D eigenvalue weighted by Gasteiger charge is -2.10. The molecule has 0 bridgehead atoms. The first-order valence-corrected chi connectivity index (χ1v) is 5.43. The quantitative estimate of drug-likeness (QED) is 0.852. The molecule has 72 valence electrons. The van der Waals surface area contributed by atoms with Gasteiger partial charge in [-0.1, -0.05) is 29.8 Å². The highest BCUT2D eigenvalue weighted by Gasteiger charge is 2.12. The maximum absolute atomic E-state index is 6.05. The predicted octanol–water partition coefficient (Wildman–Crippen LogP) is 2.84. The van der Waals surface area contributed by atoms with E-state index in [1.807, 2.05) is 24.3 Å². The first-order chi connectivity index (χ1) is 6.79. The molecule has 1 unspecified atom stereocenters. The van der Waals surface area contributed by atoms with Crippen LogP contribution >= 0.6 is 22.9 Å². The van der Waals surface area contributed by atoms with Crippen LogP contribution in [0.5, 0.6) is 0 Å². The monoisotopic (exact) mass is 224 g/mol. The summed E-state index contributed by atoms with van der Waals surface area (Å²) in [5, 5.41) is 0.702. The van der Waals surface area contributed by atoms with Crippen molar-refractivity contribution in [3.63, 3.8) is 0 Å². The van der Waals surface area contributed by atoms with E-state index in [-0.39, 0.29) is 6.04 Å². The number of aromatic nitrogens is 1. The minimum absolute atomic E-state index is 0.170. The molecule has 14 heavy (non-hydrogen) atoms. The van der Waals surface area contributed by atoms with Crippen LogP contribution in [0.25, 0.3) is 0 Å². The summed E-state index contributed by atoms with van der Waals surface area (Å²) in [7, 11) is 0. The molecule has 1 heterocycles. The Morgan fingerprint density at radius 3 is 2.79 bits per heavy atom. The molecule has 2 aromatic rings. The van der Waals surface area contributed by atoms with E-state index in [9.17, 15) is 0 Å². The summed E-state index contributed by atoms with van der Waals surface area (Å²) in [5.41, 5.74) is 8.76. The number of rotatable bonds is 2. The standard InChI is InChI=1S/C10H9ClN2S/c11-8-4-2-1-3-7(8)10(12)9-5-13-6-14-9/h1-6,10H,12H2. The predicted molar refractivity (Wildman–Crippen MR) is 59.6 cm³/mol. The van der Waals surface area contributed by atoms with E-state index in [2.05, 4.69) is 4.98 Å². The highest BCUT2D eigenvalue weighted by atomic mass is 35.5. The number of benzene rings is 1. The van der Waals surface area contributed by atoms with Gasteiger partial charge in [-0.05, 0) is 11.6 Å². The third-order valence-electron chi connectivity index (χ3n) is 2.00. The topological polar surface area (TPSA) is 38.9 Å². The summed E-state index contributed by atoms with van der Waals surface area (Å²) < 4.78 is 0. The van der Waals surface area contributed by atoms with E-state index >= 15 is 0 Å². The van der Waals surface area contributed by atoms with E-state index in [0.29, 0.717) is 5.02 Å². The lowest BCUT2D eigenvalue weighted by atomic mass is 10.1. The van der Waals surface area contributed by atoms with Crippen LogP contribution in [0, 0.1) is 0 Å². The van der Waals surface area contributed by atoms with Gasteiger partial charge in [0, 0.05) is 16.1 Å². The molecule has 0 saturated carbocycles. The van der Waals surface area contributed by atoms with Crippen LogP contribution in [0.15, 0.2) is 36.0 Å². The molecule has 4 heteroatoms. The Balaban J connectivity index is 2.37. The molecule has 1 atom stereocenters. The van der Waals surface area contributed by atoms with Crippen molar-refractivity contribution in [1.29, 1.82) is 0 Å². The number of hydrogen-bond donors (Lipinski definition) is 1. The van der Waals surface area contributed by atoms with Crippen molar-refractivity contribution in [1.82, 2.24) is 4.98 Å². The molecule has 1 aromatic heterocycles. The summed E-state index contributed by atoms with van der Waals surface area (Å²) in [5.74, 6) is 0. The molecule has 0 amide bonds. The van der Waals surface area contributed by atoms with E-state index in [1.165, 1.54) is 11.3 Å². The zero-order valence-corrected chi connectivity index (χ0v) is 8.92. The van der Waals surface area contributed by atoms with Crippen LogP contribution < -0.4 is 5.73 Å². The van der Waals surface area contributed by atoms with Crippen molar-refractivity contribution >= 4 is 22.9 Å². The minimum atomic E-state index is -0.170. The fourth-order valence-electron chi connectivity index (χ4n) is 1.26. The summed E-state index contributed by atoms with van der Waals surface area (Å²) in [4.78, 5) is 5.02. The fourth-order valence-corrected chi connectivity index (χ4v) is 2.15. The lowest BCUT2D eigenvalue weighted by molar-refractivity contribution is 0.890. The van der Waals surface area contributed by atoms with E-state index < -0.39 is 0 Å². The second-order valence-electron chi connectivity index (χ2n) is 2.90. The van der Waals surface area contributed by atoms with Crippen molar-refractivity contribution in [3.8, 4) is 0 Å². The third kappa shape index (κ3) is 1.80. The summed E-state index contributed by atoms with van der Waals surface area (Å²) in [6.07, 6.45) is 1.78. The van der Waals surface area contributed by atoms with Crippen molar-refractivity contribution in [2.45, 2.75) is 6.04 Å². The van der Waals surface area contributed by atoms with Crippen molar-refractivity contribution < 1.29 is 0 Å². The van der Waals surface area contributed by atoms with Crippen molar-refractivity contribution in [2.24, 2.45) is 5.73 Å². The first-order valence-electron chi connectivity index (χ1n) is 4.17. The van der Waals surface area contributed by atoms with E-state index in [0.717, 1.165) is 10.4 Å². The van der Waals surface area contributed by atoms with Crippen LogP contribution in [0.1, 0.15) is 16.5 Å². The van der Waals surface area contributed by atoms with Gasteiger partial charge in [-0.25, -0.2) is 0 Å². The van der Waals surface area contributed by atoms with Crippen LogP contribution in [-0.2, 0) is 0 Å². The largest absolute Gasteiger partial charge is 0.320 e. The van der Waals surface area contributed by atoms with Crippen LogP contribution in [0.2, 0.25) is 5.02 Å². The van der Waals surface area contributed by atoms with Crippen LogP contribution in [0.4, 0.5) is 0 Å². The van der Waals surface area contributed by atoms with E-state index in [1.54, 1.807) is 11.7 Å². The molecule has 0 aliphatic rings. The zero-order valence-electron chi connectivity index (χ0n) is 7.35. The number of nitrogens with zero attached hydrogens (tertiary/aromatic N) is 1. The first kappa shape index (κ1) is 9.65. The van der Waals surface area contributed by atoms with Gasteiger partial charge in [0.1, 0.15) is 0 Å². The Morgan fingerprint density at radius 2 is 2.14 bits per heavy atom. The normalized spacial score (nSPS) is 12.7. The number of nitrogens with two attached hydrogens (primary N) is 1. The summed E-state index contributed by atoms with van der Waals surface area (Å²) in [6.45, 7) is 0. The number of halogens is 1. The Kier molecular flexibility index (Phi) is 2.82. The molecule has 0 spiro atoms. The zero-order chi connectivity index (χ0) is 9.97. The third-order valence-corrected chi connectivity index (χ3v) is 3.20. The molecule has 0 aliphatic heterocycles. The minimum Gasteiger partial charge on any atom is -0.320 e. The fraction of sp³-hybridized carbons (Fsp3) is 0.100. The average molecular weight is 225 g/mol. The smallest absolute Gasteiger partial charge is 0.0794 e. The van der Waals surface area contributed by atoms with Gasteiger partial charge in [0.25, 0.3) is 0 Å². The average Bonchev–Trinajstić information content (AvgIpc) is 2.70. The molecule has 0 aliphatic carbocycles. The molecule has 0 saturated heterocycles. The van der Waals surface area contributed by atoms with Crippen LogP contribution in [0.3, 0.4) is 0 Å². The number of thiazole rings is 1. The van der Waals surface area contributed by atoms with Gasteiger partial charge in [-0.3, -0.25) is 4.98 Å². The van der Waals surface area contributed by atoms with Crippen molar-refractivity contribution in [3.05, 3.63) is 51.4 Å². The van der Waals surface area contributed by atoms with Gasteiger partial charge in [-0.2, -0.15) is 0 Å². The van der Waals surface area contributed by atoms with Gasteiger partial charge in [0.05, 0.1) is 11.6 Å². The Bertz CT molecular complexity index is 414.